The Hall–Kier alpha value is -0.820. The smallest absolute Gasteiger partial charge is 0.262 e. The highest BCUT2D eigenvalue weighted by Crippen LogP contribution is 2.28. The Bertz CT molecular complexity index is 612. The molecule has 0 aliphatic carbocycles. The summed E-state index contributed by atoms with van der Waals surface area (Å²) in [7, 11) is 1.34. The van der Waals surface area contributed by atoms with E-state index < -0.39 is 9.05 Å². The van der Waals surface area contributed by atoms with Crippen molar-refractivity contribution in [2.45, 2.75) is 17.7 Å². The number of rotatable bonds is 3. The predicted octanol–water partition coefficient (Wildman–Crippen LogP) is 2.63. The molecule has 110 valence electrons. The molecule has 0 unspecified atom stereocenters. The Morgan fingerprint density at radius 1 is 1.30 bits per heavy atom. The Kier molecular flexibility index (Phi) is 4.90. The van der Waals surface area contributed by atoms with Crippen LogP contribution in [0, 0.1) is 5.92 Å². The molecule has 1 aliphatic rings. The summed E-state index contributed by atoms with van der Waals surface area (Å²) in [5, 5.41) is 2.69. The van der Waals surface area contributed by atoms with Crippen molar-refractivity contribution in [3.05, 3.63) is 23.2 Å². The lowest BCUT2D eigenvalue weighted by Crippen LogP contribution is -2.28. The monoisotopic (exact) mass is 337 g/mol. The molecular weight excluding hydrogens is 325 g/mol. The van der Waals surface area contributed by atoms with E-state index in [1.165, 1.54) is 18.2 Å². The zero-order valence-corrected chi connectivity index (χ0v) is 12.8. The Morgan fingerprint density at radius 2 is 1.95 bits per heavy atom. The number of hydrogen-bond donors (Lipinski definition) is 1. The van der Waals surface area contributed by atoms with Crippen LogP contribution in [0.25, 0.3) is 0 Å². The zero-order valence-electron chi connectivity index (χ0n) is 10.4. The van der Waals surface area contributed by atoms with Crippen LogP contribution in [0.1, 0.15) is 12.8 Å². The van der Waals surface area contributed by atoms with Gasteiger partial charge in [-0.1, -0.05) is 11.6 Å². The average molecular weight is 338 g/mol. The van der Waals surface area contributed by atoms with Crippen molar-refractivity contribution < 1.29 is 17.9 Å². The summed E-state index contributed by atoms with van der Waals surface area (Å²) >= 11 is 5.85. The second kappa shape index (κ2) is 6.30. The molecule has 1 heterocycles. The fourth-order valence-corrected chi connectivity index (χ4v) is 3.51. The summed E-state index contributed by atoms with van der Waals surface area (Å²) in [5.74, 6) is -0.218. The number of benzene rings is 1. The van der Waals surface area contributed by atoms with E-state index >= 15 is 0 Å². The third-order valence-corrected chi connectivity index (χ3v) is 4.86. The van der Waals surface area contributed by atoms with Gasteiger partial charge in [0.1, 0.15) is 4.90 Å². The number of carbonyl (C=O) groups is 1. The van der Waals surface area contributed by atoms with Crippen molar-refractivity contribution in [1.29, 1.82) is 0 Å². The normalized spacial score (nSPS) is 16.9. The van der Waals surface area contributed by atoms with Crippen LogP contribution in [0.15, 0.2) is 23.1 Å². The Labute approximate surface area is 126 Å². The molecule has 5 nitrogen and oxygen atoms in total. The average Bonchev–Trinajstić information content (AvgIpc) is 2.38. The van der Waals surface area contributed by atoms with E-state index in [4.69, 9.17) is 27.0 Å². The zero-order chi connectivity index (χ0) is 14.8. The van der Waals surface area contributed by atoms with Crippen LogP contribution in [0.4, 0.5) is 5.69 Å². The Balaban J connectivity index is 2.10. The molecule has 8 heteroatoms. The summed E-state index contributed by atoms with van der Waals surface area (Å²) in [5.41, 5.74) is 0.440. The summed E-state index contributed by atoms with van der Waals surface area (Å²) in [6.45, 7) is 1.14. The second-order valence-electron chi connectivity index (χ2n) is 4.46. The van der Waals surface area contributed by atoms with E-state index in [-0.39, 0.29) is 21.7 Å². The van der Waals surface area contributed by atoms with Crippen LogP contribution in [0.2, 0.25) is 5.02 Å². The van der Waals surface area contributed by atoms with Gasteiger partial charge in [0.2, 0.25) is 5.91 Å². The lowest BCUT2D eigenvalue weighted by atomic mass is 9.99. The van der Waals surface area contributed by atoms with Crippen molar-refractivity contribution in [2.75, 3.05) is 18.5 Å². The van der Waals surface area contributed by atoms with Gasteiger partial charge in [0.25, 0.3) is 9.05 Å². The van der Waals surface area contributed by atoms with Gasteiger partial charge in [-0.15, -0.1) is 0 Å². The van der Waals surface area contributed by atoms with Crippen LogP contribution in [0.5, 0.6) is 0 Å². The van der Waals surface area contributed by atoms with Crippen molar-refractivity contribution in [2.24, 2.45) is 5.92 Å². The van der Waals surface area contributed by atoms with Gasteiger partial charge in [-0.25, -0.2) is 8.42 Å². The molecule has 1 aliphatic heterocycles. The van der Waals surface area contributed by atoms with Crippen LogP contribution in [0.3, 0.4) is 0 Å². The van der Waals surface area contributed by atoms with Gasteiger partial charge >= 0.3 is 0 Å². The summed E-state index contributed by atoms with van der Waals surface area (Å²) in [4.78, 5) is 11.8. The molecule has 0 bridgehead atoms. The minimum Gasteiger partial charge on any atom is -0.381 e. The Morgan fingerprint density at radius 3 is 2.50 bits per heavy atom. The van der Waals surface area contributed by atoms with Crippen LogP contribution >= 0.6 is 22.3 Å². The molecule has 0 radical (unpaired) electrons. The maximum atomic E-state index is 12.0. The van der Waals surface area contributed by atoms with Crippen LogP contribution in [-0.2, 0) is 18.6 Å². The van der Waals surface area contributed by atoms with Crippen molar-refractivity contribution >= 4 is 42.9 Å². The molecule has 1 amide bonds. The van der Waals surface area contributed by atoms with Gasteiger partial charge in [-0.05, 0) is 31.0 Å². The largest absolute Gasteiger partial charge is 0.381 e. The lowest BCUT2D eigenvalue weighted by molar-refractivity contribution is -0.122. The first-order valence-corrected chi connectivity index (χ1v) is 8.69. The minimum atomic E-state index is -3.89. The fourth-order valence-electron chi connectivity index (χ4n) is 1.98. The highest BCUT2D eigenvalue weighted by atomic mass is 35.7. The molecule has 0 saturated carbocycles. The molecule has 0 spiro atoms. The molecule has 1 aromatic rings. The molecule has 20 heavy (non-hydrogen) atoms. The lowest BCUT2D eigenvalue weighted by Gasteiger charge is -2.21. The topological polar surface area (TPSA) is 72.5 Å². The van der Waals surface area contributed by atoms with E-state index in [0.717, 1.165) is 0 Å². The van der Waals surface area contributed by atoms with Crippen molar-refractivity contribution in [3.8, 4) is 0 Å². The van der Waals surface area contributed by atoms with Gasteiger partial charge in [0, 0.05) is 35.5 Å². The maximum absolute atomic E-state index is 12.0. The molecular formula is C12H13Cl2NO4S. The van der Waals surface area contributed by atoms with Gasteiger partial charge in [0.15, 0.2) is 0 Å². The van der Waals surface area contributed by atoms with E-state index in [1.54, 1.807) is 0 Å². The van der Waals surface area contributed by atoms with E-state index in [2.05, 4.69) is 5.32 Å². The van der Waals surface area contributed by atoms with Gasteiger partial charge in [-0.2, -0.15) is 0 Å². The summed E-state index contributed by atoms with van der Waals surface area (Å²) in [6, 6.07) is 4.09. The van der Waals surface area contributed by atoms with Gasteiger partial charge in [-0.3, -0.25) is 4.79 Å². The quantitative estimate of drug-likeness (QED) is 0.860. The standard InChI is InChI=1S/C12H13Cl2NO4S/c13-10-7-9(1-2-11(10)20(14,17)18)15-12(16)8-3-5-19-6-4-8/h1-2,7-8H,3-6H2,(H,15,16). The maximum Gasteiger partial charge on any atom is 0.262 e. The highest BCUT2D eigenvalue weighted by molar-refractivity contribution is 8.13. The first-order chi connectivity index (χ1) is 9.38. The van der Waals surface area contributed by atoms with Crippen molar-refractivity contribution in [1.82, 2.24) is 0 Å². The molecule has 0 aromatic heterocycles. The van der Waals surface area contributed by atoms with Gasteiger partial charge < -0.3 is 10.1 Å². The molecule has 2 rings (SSSR count). The van der Waals surface area contributed by atoms with Crippen LogP contribution < -0.4 is 5.32 Å². The summed E-state index contributed by atoms with van der Waals surface area (Å²) < 4.78 is 27.6. The second-order valence-corrected chi connectivity index (χ2v) is 7.40. The number of amides is 1. The molecule has 1 saturated heterocycles. The number of hydrogen-bond acceptors (Lipinski definition) is 4. The van der Waals surface area contributed by atoms with Gasteiger partial charge in [0.05, 0.1) is 5.02 Å². The third-order valence-electron chi connectivity index (χ3n) is 3.05. The predicted molar refractivity (Wildman–Crippen MR) is 76.7 cm³/mol. The molecule has 1 aromatic carbocycles. The fraction of sp³-hybridized carbons (Fsp3) is 0.417. The SMILES string of the molecule is O=C(Nc1ccc(S(=O)(=O)Cl)c(Cl)c1)C1CCOCC1. The number of nitrogens with one attached hydrogen (secondary N) is 1. The van der Waals surface area contributed by atoms with Crippen molar-refractivity contribution in [3.63, 3.8) is 0 Å². The number of ether oxygens (including phenoxy) is 1. The third kappa shape index (κ3) is 3.85. The van der Waals surface area contributed by atoms with E-state index in [9.17, 15) is 13.2 Å². The first kappa shape index (κ1) is 15.6. The first-order valence-electron chi connectivity index (χ1n) is 6.01. The minimum absolute atomic E-state index is 0.0234. The molecule has 1 fully saturated rings. The highest BCUT2D eigenvalue weighted by Gasteiger charge is 2.22. The number of anilines is 1. The van der Waals surface area contributed by atoms with E-state index in [1.807, 2.05) is 0 Å². The van der Waals surface area contributed by atoms with Crippen LogP contribution in [-0.4, -0.2) is 27.5 Å². The summed E-state index contributed by atoms with van der Waals surface area (Å²) in [6.07, 6.45) is 1.35. The number of carbonyl (C=O) groups excluding carboxylic acids is 1. The molecule has 0 atom stereocenters. The van der Waals surface area contributed by atoms with E-state index in [0.29, 0.717) is 31.7 Å². The number of halogens is 2. The molecule has 1 N–H and O–H groups in total.